The summed E-state index contributed by atoms with van der Waals surface area (Å²) in [5.41, 5.74) is 2.24. The van der Waals surface area contributed by atoms with Crippen molar-refractivity contribution in [3.05, 3.63) is 50.6 Å². The van der Waals surface area contributed by atoms with E-state index in [1.54, 1.807) is 16.7 Å². The van der Waals surface area contributed by atoms with Crippen molar-refractivity contribution in [3.63, 3.8) is 0 Å². The normalized spacial score (nSPS) is 11.9. The van der Waals surface area contributed by atoms with E-state index >= 15 is 0 Å². The molecule has 0 aliphatic rings. The molecule has 0 aliphatic heterocycles. The van der Waals surface area contributed by atoms with Crippen LogP contribution in [0, 0.1) is 13.8 Å². The van der Waals surface area contributed by atoms with Gasteiger partial charge in [0.15, 0.2) is 17.1 Å². The molecule has 182 valence electrons. The maximum atomic E-state index is 12.6. The minimum atomic E-state index is -0.452. The third kappa shape index (κ3) is 5.73. The first kappa shape index (κ1) is 26.1. The van der Waals surface area contributed by atoms with Crippen LogP contribution in [-0.2, 0) is 23.0 Å². The third-order valence-electron chi connectivity index (χ3n) is 5.21. The van der Waals surface area contributed by atoms with Gasteiger partial charge in [0, 0.05) is 16.9 Å². The molecule has 0 saturated carbocycles. The van der Waals surface area contributed by atoms with Crippen LogP contribution in [0.5, 0.6) is 5.75 Å². The van der Waals surface area contributed by atoms with Crippen LogP contribution >= 0.6 is 34.7 Å². The summed E-state index contributed by atoms with van der Waals surface area (Å²) in [6.07, 6.45) is 0.319. The van der Waals surface area contributed by atoms with E-state index in [0.717, 1.165) is 16.0 Å². The number of ether oxygens (including phenoxy) is 2. The van der Waals surface area contributed by atoms with Crippen LogP contribution in [-0.4, -0.2) is 39.5 Å². The predicted octanol–water partition coefficient (Wildman–Crippen LogP) is 5.37. The van der Waals surface area contributed by atoms with Gasteiger partial charge in [-0.25, -0.2) is 4.79 Å². The zero-order chi connectivity index (χ0) is 25.0. The molecule has 0 bridgehead atoms. The molecule has 1 aromatic carbocycles. The summed E-state index contributed by atoms with van der Waals surface area (Å²) in [4.78, 5) is 25.9. The fraction of sp³-hybridized carbons (Fsp3) is 0.391. The van der Waals surface area contributed by atoms with Crippen molar-refractivity contribution in [2.75, 3.05) is 18.2 Å². The van der Waals surface area contributed by atoms with E-state index in [0.29, 0.717) is 38.7 Å². The van der Waals surface area contributed by atoms with Gasteiger partial charge in [-0.1, -0.05) is 30.3 Å². The lowest BCUT2D eigenvalue weighted by Crippen LogP contribution is -2.16. The molecule has 1 N–H and O–H groups in total. The van der Waals surface area contributed by atoms with Crippen molar-refractivity contribution in [1.29, 1.82) is 0 Å². The highest BCUT2D eigenvalue weighted by Gasteiger charge is 2.24. The summed E-state index contributed by atoms with van der Waals surface area (Å²) in [6.45, 7) is 7.69. The highest BCUT2D eigenvalue weighted by molar-refractivity contribution is 7.99. The molecule has 34 heavy (non-hydrogen) atoms. The van der Waals surface area contributed by atoms with Crippen LogP contribution in [0.25, 0.3) is 0 Å². The molecule has 1 atom stereocenters. The van der Waals surface area contributed by atoms with Crippen LogP contribution in [0.1, 0.15) is 52.1 Å². The fourth-order valence-corrected chi connectivity index (χ4v) is 5.44. The van der Waals surface area contributed by atoms with E-state index in [4.69, 9.17) is 21.1 Å². The van der Waals surface area contributed by atoms with E-state index < -0.39 is 5.97 Å². The van der Waals surface area contributed by atoms with Crippen molar-refractivity contribution < 1.29 is 19.1 Å². The zero-order valence-corrected chi connectivity index (χ0v) is 22.3. The van der Waals surface area contributed by atoms with Crippen LogP contribution in [0.15, 0.2) is 23.4 Å². The van der Waals surface area contributed by atoms with Crippen molar-refractivity contribution in [3.8, 4) is 5.75 Å². The molecule has 0 aliphatic carbocycles. The Morgan fingerprint density at radius 1 is 1.29 bits per heavy atom. The first-order valence-corrected chi connectivity index (χ1v) is 12.8. The molecule has 2 aromatic heterocycles. The molecule has 3 aromatic rings. The summed E-state index contributed by atoms with van der Waals surface area (Å²) < 4.78 is 12.7. The molecule has 0 radical (unpaired) electrons. The number of rotatable bonds is 9. The lowest BCUT2D eigenvalue weighted by atomic mass is 10.1. The molecule has 0 saturated heterocycles. The van der Waals surface area contributed by atoms with Crippen molar-refractivity contribution in [2.24, 2.45) is 7.05 Å². The van der Waals surface area contributed by atoms with E-state index in [9.17, 15) is 9.59 Å². The van der Waals surface area contributed by atoms with Gasteiger partial charge in [-0.15, -0.1) is 21.5 Å². The number of aryl methyl sites for hydroxylation is 2. The van der Waals surface area contributed by atoms with Gasteiger partial charge in [0.1, 0.15) is 10.8 Å². The second kappa shape index (κ2) is 11.2. The number of amides is 1. The highest BCUT2D eigenvalue weighted by Crippen LogP contribution is 2.34. The highest BCUT2D eigenvalue weighted by atomic mass is 35.5. The Balaban J connectivity index is 1.65. The topological polar surface area (TPSA) is 95.3 Å². The van der Waals surface area contributed by atoms with Crippen molar-refractivity contribution in [1.82, 2.24) is 14.8 Å². The Hall–Kier alpha value is -2.56. The van der Waals surface area contributed by atoms with E-state index in [-0.39, 0.29) is 17.8 Å². The molecule has 1 unspecified atom stereocenters. The van der Waals surface area contributed by atoms with Crippen LogP contribution in [0.4, 0.5) is 5.00 Å². The number of thiophene rings is 1. The van der Waals surface area contributed by atoms with Gasteiger partial charge < -0.3 is 19.4 Å². The number of methoxy groups -OCH3 is 1. The molecule has 1 amide bonds. The number of thioether (sulfide) groups is 1. The van der Waals surface area contributed by atoms with Gasteiger partial charge in [-0.2, -0.15) is 0 Å². The van der Waals surface area contributed by atoms with E-state index in [1.165, 1.54) is 30.2 Å². The number of halogens is 1. The molecule has 2 heterocycles. The first-order chi connectivity index (χ1) is 16.2. The minimum Gasteiger partial charge on any atom is -0.483 e. The Labute approximate surface area is 212 Å². The van der Waals surface area contributed by atoms with Gasteiger partial charge in [0.2, 0.25) is 5.91 Å². The summed E-state index contributed by atoms with van der Waals surface area (Å²) in [5, 5.41) is 13.1. The SMILES string of the molecule is CCc1c(C)sc(NC(=O)CSc2nnc(C(C)Oc3ccc(Cl)c(C)c3)n2C)c1C(=O)OC. The standard InChI is InChI=1S/C23H27ClN4O4S2/c1-7-16-14(4)34-21(19(16)22(30)31-6)25-18(29)11-33-23-27-26-20(28(23)5)13(3)32-15-8-9-17(24)12(2)10-15/h8-10,13H,7,11H2,1-6H3,(H,25,29). The molecule has 0 spiro atoms. The Kier molecular flexibility index (Phi) is 8.62. The van der Waals surface area contributed by atoms with E-state index in [1.807, 2.05) is 40.8 Å². The van der Waals surface area contributed by atoms with Crippen LogP contribution < -0.4 is 10.1 Å². The van der Waals surface area contributed by atoms with Crippen LogP contribution in [0.3, 0.4) is 0 Å². The van der Waals surface area contributed by atoms with Crippen molar-refractivity contribution >= 4 is 51.6 Å². The molecule has 3 rings (SSSR count). The predicted molar refractivity (Wildman–Crippen MR) is 135 cm³/mol. The number of aromatic nitrogens is 3. The number of anilines is 1. The number of esters is 1. The Bertz CT molecular complexity index is 1210. The molecule has 8 nitrogen and oxygen atoms in total. The number of hydrogen-bond donors (Lipinski definition) is 1. The number of carbonyl (C=O) groups excluding carboxylic acids is 2. The quantitative estimate of drug-likeness (QED) is 0.298. The molecular weight excluding hydrogens is 496 g/mol. The molecule has 0 fully saturated rings. The Morgan fingerprint density at radius 2 is 2.03 bits per heavy atom. The lowest BCUT2D eigenvalue weighted by Gasteiger charge is -2.15. The minimum absolute atomic E-state index is 0.108. The van der Waals surface area contributed by atoms with E-state index in [2.05, 4.69) is 15.5 Å². The summed E-state index contributed by atoms with van der Waals surface area (Å²) in [7, 11) is 3.16. The Morgan fingerprint density at radius 3 is 2.68 bits per heavy atom. The van der Waals surface area contributed by atoms with Crippen LogP contribution in [0.2, 0.25) is 5.02 Å². The molecule has 11 heteroatoms. The maximum absolute atomic E-state index is 12.6. The average Bonchev–Trinajstić information content (AvgIpc) is 3.32. The van der Waals surface area contributed by atoms with Gasteiger partial charge in [-0.3, -0.25) is 4.79 Å². The third-order valence-corrected chi connectivity index (χ3v) is 7.72. The summed E-state index contributed by atoms with van der Waals surface area (Å²) >= 11 is 8.71. The number of benzene rings is 1. The zero-order valence-electron chi connectivity index (χ0n) is 19.9. The maximum Gasteiger partial charge on any atom is 0.341 e. The van der Waals surface area contributed by atoms with Gasteiger partial charge in [0.05, 0.1) is 18.4 Å². The summed E-state index contributed by atoms with van der Waals surface area (Å²) in [5.74, 6) is 0.725. The number of hydrogen-bond acceptors (Lipinski definition) is 8. The number of nitrogens with zero attached hydrogens (tertiary/aromatic N) is 3. The smallest absolute Gasteiger partial charge is 0.341 e. The average molecular weight is 523 g/mol. The van der Waals surface area contributed by atoms with Gasteiger partial charge >= 0.3 is 5.97 Å². The monoisotopic (exact) mass is 522 g/mol. The summed E-state index contributed by atoms with van der Waals surface area (Å²) in [6, 6.07) is 5.47. The van der Waals surface area contributed by atoms with Gasteiger partial charge in [-0.05, 0) is 56.5 Å². The number of carbonyl (C=O) groups is 2. The second-order valence-corrected chi connectivity index (χ2v) is 10.2. The lowest BCUT2D eigenvalue weighted by molar-refractivity contribution is -0.113. The fourth-order valence-electron chi connectivity index (χ4n) is 3.46. The molecular formula is C23H27ClN4O4S2. The number of nitrogens with one attached hydrogen (secondary N) is 1. The first-order valence-electron chi connectivity index (χ1n) is 10.6. The largest absolute Gasteiger partial charge is 0.483 e. The second-order valence-electron chi connectivity index (χ2n) is 7.59. The van der Waals surface area contributed by atoms with Crippen molar-refractivity contribution in [2.45, 2.75) is 45.4 Å². The van der Waals surface area contributed by atoms with Gasteiger partial charge in [0.25, 0.3) is 0 Å².